The third kappa shape index (κ3) is 5.48. The Balaban J connectivity index is 1.15. The van der Waals surface area contributed by atoms with Crippen LogP contribution < -0.4 is 15.7 Å². The van der Waals surface area contributed by atoms with Crippen LogP contribution in [-0.2, 0) is 11.3 Å². The molecule has 1 saturated heterocycles. The van der Waals surface area contributed by atoms with E-state index in [2.05, 4.69) is 15.3 Å². The second-order valence-electron chi connectivity index (χ2n) is 10.7. The van der Waals surface area contributed by atoms with Crippen molar-refractivity contribution < 1.29 is 14.3 Å². The Bertz CT molecular complexity index is 1570. The summed E-state index contributed by atoms with van der Waals surface area (Å²) in [5, 5.41) is 3.59. The molecule has 1 amide bonds. The van der Waals surface area contributed by atoms with E-state index in [0.29, 0.717) is 53.5 Å². The van der Waals surface area contributed by atoms with E-state index in [1.54, 1.807) is 30.0 Å². The lowest BCUT2D eigenvalue weighted by molar-refractivity contribution is 0.0919. The number of halogens is 1. The van der Waals surface area contributed by atoms with Crippen molar-refractivity contribution in [2.24, 2.45) is 5.92 Å². The number of hydrogen-bond donors (Lipinski definition) is 1. The van der Waals surface area contributed by atoms with Crippen molar-refractivity contribution in [2.75, 3.05) is 13.2 Å². The molecule has 1 unspecified atom stereocenters. The summed E-state index contributed by atoms with van der Waals surface area (Å²) in [4.78, 5) is 35.2. The standard InChI is InChI=1S/C30H32ClN5O4/c1-19-25(14-21(31)15-32-19)29(37)34-22-8-6-20(7-9-22)17-35-26-4-2-3-5-27(26)36(30(35)38)23-10-11-28(33-16-23)40-24-12-13-39-18-24/h2-5,10-11,14-16,20,22,24H,6-9,12-13,17-18H2,1H3,(H,34,37). The van der Waals surface area contributed by atoms with Crippen molar-refractivity contribution in [3.63, 3.8) is 0 Å². The first kappa shape index (κ1) is 26.5. The minimum atomic E-state index is -0.142. The maximum absolute atomic E-state index is 13.7. The molecule has 1 aromatic carbocycles. The molecular weight excluding hydrogens is 530 g/mol. The molecular formula is C30H32ClN5O4. The van der Waals surface area contributed by atoms with Crippen LogP contribution in [0, 0.1) is 12.8 Å². The van der Waals surface area contributed by atoms with Gasteiger partial charge in [-0.3, -0.25) is 18.9 Å². The largest absolute Gasteiger partial charge is 0.472 e. The first-order valence-electron chi connectivity index (χ1n) is 13.8. The van der Waals surface area contributed by atoms with Crippen LogP contribution in [0.3, 0.4) is 0 Å². The number of para-hydroxylation sites is 2. The van der Waals surface area contributed by atoms with Gasteiger partial charge in [-0.25, -0.2) is 9.78 Å². The number of aromatic nitrogens is 4. The van der Waals surface area contributed by atoms with Crippen molar-refractivity contribution >= 4 is 28.5 Å². The third-order valence-electron chi connectivity index (χ3n) is 7.91. The first-order valence-corrected chi connectivity index (χ1v) is 14.2. The smallest absolute Gasteiger partial charge is 0.333 e. The van der Waals surface area contributed by atoms with Crippen LogP contribution in [0.4, 0.5) is 0 Å². The van der Waals surface area contributed by atoms with Gasteiger partial charge in [-0.1, -0.05) is 23.7 Å². The Morgan fingerprint density at radius 2 is 1.88 bits per heavy atom. The highest BCUT2D eigenvalue weighted by Gasteiger charge is 2.26. The van der Waals surface area contributed by atoms with E-state index in [4.69, 9.17) is 21.1 Å². The zero-order chi connectivity index (χ0) is 27.6. The fourth-order valence-electron chi connectivity index (χ4n) is 5.73. The van der Waals surface area contributed by atoms with E-state index < -0.39 is 0 Å². The molecule has 1 aliphatic heterocycles. The fourth-order valence-corrected chi connectivity index (χ4v) is 5.89. The van der Waals surface area contributed by atoms with Gasteiger partial charge in [0.15, 0.2) is 0 Å². The molecule has 6 rings (SSSR count). The van der Waals surface area contributed by atoms with Gasteiger partial charge < -0.3 is 14.8 Å². The molecule has 3 aromatic heterocycles. The lowest BCUT2D eigenvalue weighted by Crippen LogP contribution is -2.39. The minimum Gasteiger partial charge on any atom is -0.472 e. The van der Waals surface area contributed by atoms with Gasteiger partial charge in [0.2, 0.25) is 5.88 Å². The molecule has 0 spiro atoms. The number of fused-ring (bicyclic) bond motifs is 1. The highest BCUT2D eigenvalue weighted by atomic mass is 35.5. The summed E-state index contributed by atoms with van der Waals surface area (Å²) in [6, 6.07) is 13.3. The molecule has 0 bridgehead atoms. The predicted octanol–water partition coefficient (Wildman–Crippen LogP) is 4.70. The topological polar surface area (TPSA) is 100 Å². The molecule has 9 nitrogen and oxygen atoms in total. The summed E-state index contributed by atoms with van der Waals surface area (Å²) < 4.78 is 14.9. The lowest BCUT2D eigenvalue weighted by atomic mass is 9.85. The van der Waals surface area contributed by atoms with Crippen LogP contribution in [0.1, 0.15) is 48.2 Å². The summed E-state index contributed by atoms with van der Waals surface area (Å²) in [6.45, 7) is 3.71. The molecule has 208 valence electrons. The molecule has 2 aliphatic rings. The summed E-state index contributed by atoms with van der Waals surface area (Å²) in [5.74, 6) is 0.723. The Hall–Kier alpha value is -3.69. The van der Waals surface area contributed by atoms with Gasteiger partial charge in [-0.15, -0.1) is 0 Å². The third-order valence-corrected chi connectivity index (χ3v) is 8.12. The quantitative estimate of drug-likeness (QED) is 0.351. The predicted molar refractivity (Wildman–Crippen MR) is 152 cm³/mol. The van der Waals surface area contributed by atoms with Gasteiger partial charge in [-0.05, 0) is 62.8 Å². The van der Waals surface area contributed by atoms with Gasteiger partial charge in [0.05, 0.1) is 52.4 Å². The maximum Gasteiger partial charge on any atom is 0.333 e. The summed E-state index contributed by atoms with van der Waals surface area (Å²) in [6.07, 6.45) is 7.65. The van der Waals surface area contributed by atoms with Crippen molar-refractivity contribution in [3.8, 4) is 11.6 Å². The molecule has 2 fully saturated rings. The zero-order valence-electron chi connectivity index (χ0n) is 22.4. The summed E-state index contributed by atoms with van der Waals surface area (Å²) in [7, 11) is 0. The number of nitrogens with zero attached hydrogens (tertiary/aromatic N) is 4. The minimum absolute atomic E-state index is 0.0179. The second-order valence-corrected chi connectivity index (χ2v) is 11.1. The first-order chi connectivity index (χ1) is 19.5. The average Bonchev–Trinajstić information content (AvgIpc) is 3.57. The number of pyridine rings is 2. The van der Waals surface area contributed by atoms with Gasteiger partial charge in [-0.2, -0.15) is 0 Å². The Kier molecular flexibility index (Phi) is 7.58. The average molecular weight is 562 g/mol. The number of nitrogens with one attached hydrogen (secondary N) is 1. The number of amides is 1. The molecule has 1 atom stereocenters. The Morgan fingerprint density at radius 3 is 2.60 bits per heavy atom. The zero-order valence-corrected chi connectivity index (χ0v) is 23.1. The highest BCUT2D eigenvalue weighted by molar-refractivity contribution is 6.30. The number of benzene rings is 1. The van der Waals surface area contributed by atoms with Crippen LogP contribution in [0.15, 0.2) is 59.7 Å². The highest BCUT2D eigenvalue weighted by Crippen LogP contribution is 2.28. The maximum atomic E-state index is 13.7. The lowest BCUT2D eigenvalue weighted by Gasteiger charge is -2.29. The van der Waals surface area contributed by atoms with E-state index >= 15 is 0 Å². The van der Waals surface area contributed by atoms with Crippen LogP contribution >= 0.6 is 11.6 Å². The van der Waals surface area contributed by atoms with E-state index in [9.17, 15) is 9.59 Å². The number of carbonyl (C=O) groups is 1. The molecule has 40 heavy (non-hydrogen) atoms. The van der Waals surface area contributed by atoms with E-state index in [1.165, 1.54) is 0 Å². The van der Waals surface area contributed by atoms with Gasteiger partial charge >= 0.3 is 5.69 Å². The van der Waals surface area contributed by atoms with Crippen molar-refractivity contribution in [1.29, 1.82) is 0 Å². The number of rotatable bonds is 7. The number of ether oxygens (including phenoxy) is 2. The van der Waals surface area contributed by atoms with Gasteiger partial charge in [0.1, 0.15) is 6.10 Å². The van der Waals surface area contributed by atoms with Crippen molar-refractivity contribution in [2.45, 2.75) is 57.7 Å². The monoisotopic (exact) mass is 561 g/mol. The van der Waals surface area contributed by atoms with E-state index in [-0.39, 0.29) is 23.7 Å². The van der Waals surface area contributed by atoms with Crippen LogP contribution in [0.25, 0.3) is 16.7 Å². The van der Waals surface area contributed by atoms with E-state index in [0.717, 1.165) is 43.1 Å². The molecule has 4 heterocycles. The number of imidazole rings is 1. The molecule has 10 heteroatoms. The van der Waals surface area contributed by atoms with E-state index in [1.807, 2.05) is 41.0 Å². The number of aryl methyl sites for hydroxylation is 1. The molecule has 1 N–H and O–H groups in total. The number of hydrogen-bond acceptors (Lipinski definition) is 6. The van der Waals surface area contributed by atoms with Gasteiger partial charge in [0, 0.05) is 31.3 Å². The Labute approximate surface area is 237 Å². The summed E-state index contributed by atoms with van der Waals surface area (Å²) in [5.41, 5.74) is 3.53. The molecule has 0 radical (unpaired) electrons. The normalized spacial score (nSPS) is 21.0. The number of carbonyl (C=O) groups excluding carboxylic acids is 1. The van der Waals surface area contributed by atoms with Crippen molar-refractivity contribution in [3.05, 3.63) is 81.6 Å². The molecule has 4 aromatic rings. The molecule has 1 aliphatic carbocycles. The van der Waals surface area contributed by atoms with Gasteiger partial charge in [0.25, 0.3) is 5.91 Å². The van der Waals surface area contributed by atoms with Crippen LogP contribution in [0.5, 0.6) is 5.88 Å². The fraction of sp³-hybridized carbons (Fsp3) is 0.400. The summed E-state index contributed by atoms with van der Waals surface area (Å²) >= 11 is 6.05. The Morgan fingerprint density at radius 1 is 1.07 bits per heavy atom. The SMILES string of the molecule is Cc1ncc(Cl)cc1C(=O)NC1CCC(Cn2c(=O)n(-c3ccc(OC4CCOC4)nc3)c3ccccc32)CC1. The van der Waals surface area contributed by atoms with Crippen LogP contribution in [-0.4, -0.2) is 50.4 Å². The van der Waals surface area contributed by atoms with Crippen molar-refractivity contribution in [1.82, 2.24) is 24.4 Å². The van der Waals surface area contributed by atoms with Crippen LogP contribution in [0.2, 0.25) is 5.02 Å². The second kappa shape index (κ2) is 11.4. The molecule has 1 saturated carbocycles.